The van der Waals surface area contributed by atoms with Crippen molar-refractivity contribution in [3.63, 3.8) is 0 Å². The van der Waals surface area contributed by atoms with Crippen LogP contribution in [0.3, 0.4) is 0 Å². The fourth-order valence-corrected chi connectivity index (χ4v) is 3.57. The Labute approximate surface area is 154 Å². The van der Waals surface area contributed by atoms with Crippen molar-refractivity contribution in [2.24, 2.45) is 0 Å². The van der Waals surface area contributed by atoms with E-state index in [1.54, 1.807) is 0 Å². The molecule has 142 valence electrons. The van der Waals surface area contributed by atoms with Crippen molar-refractivity contribution < 1.29 is 18.7 Å². The molecule has 0 radical (unpaired) electrons. The van der Waals surface area contributed by atoms with E-state index < -0.39 is 8.32 Å². The molecular formula is C20H34O4Si. The van der Waals surface area contributed by atoms with Crippen LogP contribution in [0.2, 0.25) is 18.1 Å². The van der Waals surface area contributed by atoms with Crippen molar-refractivity contribution in [2.75, 3.05) is 13.2 Å². The molecule has 1 rings (SSSR count). The van der Waals surface area contributed by atoms with Crippen LogP contribution in [0.5, 0.6) is 0 Å². The van der Waals surface area contributed by atoms with E-state index in [1.165, 1.54) is 0 Å². The Morgan fingerprint density at radius 3 is 2.36 bits per heavy atom. The maximum atomic E-state index is 11.9. The molecule has 4 nitrogen and oxygen atoms in total. The van der Waals surface area contributed by atoms with Crippen LogP contribution in [0.1, 0.15) is 46.1 Å². The number of carbonyl (C=O) groups excluding carboxylic acids is 1. The van der Waals surface area contributed by atoms with Gasteiger partial charge in [0.2, 0.25) is 0 Å². The zero-order valence-electron chi connectivity index (χ0n) is 16.6. The summed E-state index contributed by atoms with van der Waals surface area (Å²) in [6.45, 7) is 14.4. The highest BCUT2D eigenvalue weighted by Gasteiger charge is 2.39. The lowest BCUT2D eigenvalue weighted by molar-refractivity contribution is -0.145. The van der Waals surface area contributed by atoms with Gasteiger partial charge in [-0.25, -0.2) is 0 Å². The molecule has 0 aliphatic carbocycles. The fourth-order valence-electron chi connectivity index (χ4n) is 2.18. The fraction of sp³-hybridized carbons (Fsp3) is 0.650. The van der Waals surface area contributed by atoms with E-state index >= 15 is 0 Å². The minimum Gasteiger partial charge on any atom is -0.466 e. The minimum absolute atomic E-state index is 0.102. The highest BCUT2D eigenvalue weighted by molar-refractivity contribution is 6.74. The van der Waals surface area contributed by atoms with Crippen molar-refractivity contribution in [1.29, 1.82) is 0 Å². The van der Waals surface area contributed by atoms with Gasteiger partial charge in [-0.1, -0.05) is 51.1 Å². The molecule has 1 aromatic rings. The number of ether oxygens (including phenoxy) is 2. The molecule has 0 N–H and O–H groups in total. The first-order valence-corrected chi connectivity index (χ1v) is 12.0. The van der Waals surface area contributed by atoms with E-state index in [-0.39, 0.29) is 23.5 Å². The third-order valence-electron chi connectivity index (χ3n) is 4.66. The van der Waals surface area contributed by atoms with Gasteiger partial charge >= 0.3 is 5.97 Å². The second kappa shape index (κ2) is 10.1. The molecule has 0 spiro atoms. The summed E-state index contributed by atoms with van der Waals surface area (Å²) in [5, 5.41) is 0.102. The van der Waals surface area contributed by atoms with Crippen molar-refractivity contribution in [3.8, 4) is 0 Å². The second-order valence-corrected chi connectivity index (χ2v) is 12.6. The molecule has 0 aliphatic heterocycles. The number of carbonyl (C=O) groups is 1. The van der Waals surface area contributed by atoms with Crippen LogP contribution < -0.4 is 0 Å². The van der Waals surface area contributed by atoms with Gasteiger partial charge < -0.3 is 13.9 Å². The first-order chi connectivity index (χ1) is 11.7. The van der Waals surface area contributed by atoms with Crippen molar-refractivity contribution in [3.05, 3.63) is 35.9 Å². The quantitative estimate of drug-likeness (QED) is 0.334. The van der Waals surface area contributed by atoms with E-state index in [0.717, 1.165) is 5.56 Å². The van der Waals surface area contributed by atoms with Gasteiger partial charge in [0.15, 0.2) is 8.32 Å². The normalized spacial score (nSPS) is 13.5. The molecule has 1 atom stereocenters. The third-order valence-corrected chi connectivity index (χ3v) is 9.20. The number of rotatable bonds is 10. The predicted octanol–water partition coefficient (Wildman–Crippen LogP) is 4.94. The highest BCUT2D eigenvalue weighted by Crippen LogP contribution is 2.38. The zero-order valence-corrected chi connectivity index (χ0v) is 17.6. The lowest BCUT2D eigenvalue weighted by Crippen LogP contribution is -2.44. The van der Waals surface area contributed by atoms with Crippen LogP contribution in [-0.4, -0.2) is 33.6 Å². The summed E-state index contributed by atoms with van der Waals surface area (Å²) in [7, 11) is -1.95. The zero-order chi connectivity index (χ0) is 18.9. The molecule has 0 saturated carbocycles. The minimum atomic E-state index is -1.95. The molecule has 0 unspecified atom stereocenters. The van der Waals surface area contributed by atoms with Crippen LogP contribution in [0, 0.1) is 0 Å². The summed E-state index contributed by atoms with van der Waals surface area (Å²) in [6, 6.07) is 10.1. The molecule has 1 aromatic carbocycles. The average molecular weight is 367 g/mol. The number of hydrogen-bond acceptors (Lipinski definition) is 4. The summed E-state index contributed by atoms with van der Waals surface area (Å²) in [4.78, 5) is 11.9. The summed E-state index contributed by atoms with van der Waals surface area (Å²) >= 11 is 0. The standard InChI is InChI=1S/C20H34O4Si/c1-7-23-19(21)15-18(24-25(5,6)20(2,3)4)13-14-22-16-17-11-9-8-10-12-17/h8-12,18H,7,13-16H2,1-6H3/t18-/m1/s1. The third kappa shape index (κ3) is 8.16. The van der Waals surface area contributed by atoms with Gasteiger partial charge in [-0.2, -0.15) is 0 Å². The SMILES string of the molecule is CCOC(=O)C[C@@H](CCOCc1ccccc1)O[Si](C)(C)C(C)(C)C. The van der Waals surface area contributed by atoms with E-state index in [9.17, 15) is 4.79 Å². The Balaban J connectivity index is 2.57. The first-order valence-electron chi connectivity index (χ1n) is 9.11. The van der Waals surface area contributed by atoms with Crippen LogP contribution in [0.25, 0.3) is 0 Å². The molecular weight excluding hydrogens is 332 g/mol. The number of benzene rings is 1. The van der Waals surface area contributed by atoms with Gasteiger partial charge in [0.05, 0.1) is 25.7 Å². The summed E-state index contributed by atoms with van der Waals surface area (Å²) in [5.74, 6) is -0.200. The molecule has 0 saturated heterocycles. The van der Waals surface area contributed by atoms with Crippen LogP contribution >= 0.6 is 0 Å². The average Bonchev–Trinajstić information content (AvgIpc) is 2.51. The van der Waals surface area contributed by atoms with Gasteiger partial charge in [0, 0.05) is 6.61 Å². The van der Waals surface area contributed by atoms with Crippen molar-refractivity contribution in [2.45, 2.75) is 71.4 Å². The topological polar surface area (TPSA) is 44.8 Å². The van der Waals surface area contributed by atoms with Gasteiger partial charge in [0.1, 0.15) is 0 Å². The lowest BCUT2D eigenvalue weighted by atomic mass is 10.2. The van der Waals surface area contributed by atoms with Crippen LogP contribution in [-0.2, 0) is 25.3 Å². The maximum absolute atomic E-state index is 11.9. The predicted molar refractivity (Wildman–Crippen MR) is 104 cm³/mol. The second-order valence-electron chi connectivity index (χ2n) is 7.84. The monoisotopic (exact) mass is 366 g/mol. The molecule has 0 amide bonds. The van der Waals surface area contributed by atoms with Gasteiger partial charge in [-0.3, -0.25) is 4.79 Å². The molecule has 25 heavy (non-hydrogen) atoms. The highest BCUT2D eigenvalue weighted by atomic mass is 28.4. The van der Waals surface area contributed by atoms with Crippen LogP contribution in [0.4, 0.5) is 0 Å². The summed E-state index contributed by atoms with van der Waals surface area (Å²) in [5.41, 5.74) is 1.15. The van der Waals surface area contributed by atoms with E-state index in [0.29, 0.717) is 26.2 Å². The maximum Gasteiger partial charge on any atom is 0.308 e. The van der Waals surface area contributed by atoms with Gasteiger partial charge in [0.25, 0.3) is 0 Å². The molecule has 0 aromatic heterocycles. The largest absolute Gasteiger partial charge is 0.466 e. The number of esters is 1. The molecule has 0 aliphatic rings. The summed E-state index contributed by atoms with van der Waals surface area (Å²) in [6.07, 6.45) is 0.823. The van der Waals surface area contributed by atoms with Gasteiger partial charge in [-0.05, 0) is 37.0 Å². The van der Waals surface area contributed by atoms with E-state index in [2.05, 4.69) is 33.9 Å². The van der Waals surface area contributed by atoms with Crippen LogP contribution in [0.15, 0.2) is 30.3 Å². The van der Waals surface area contributed by atoms with E-state index in [4.69, 9.17) is 13.9 Å². The Bertz CT molecular complexity index is 508. The smallest absolute Gasteiger partial charge is 0.308 e. The number of hydrogen-bond donors (Lipinski definition) is 0. The Morgan fingerprint density at radius 2 is 1.80 bits per heavy atom. The van der Waals surface area contributed by atoms with Crippen molar-refractivity contribution in [1.82, 2.24) is 0 Å². The molecule has 0 heterocycles. The van der Waals surface area contributed by atoms with E-state index in [1.807, 2.05) is 37.3 Å². The molecule has 5 heteroatoms. The van der Waals surface area contributed by atoms with Crippen molar-refractivity contribution >= 4 is 14.3 Å². The lowest BCUT2D eigenvalue weighted by Gasteiger charge is -2.39. The molecule has 0 bridgehead atoms. The Morgan fingerprint density at radius 1 is 1.16 bits per heavy atom. The Hall–Kier alpha value is -1.17. The summed E-state index contributed by atoms with van der Waals surface area (Å²) < 4.78 is 17.3. The van der Waals surface area contributed by atoms with Gasteiger partial charge in [-0.15, -0.1) is 0 Å². The Kier molecular flexibility index (Phi) is 8.83. The molecule has 0 fully saturated rings. The first kappa shape index (κ1) is 21.9.